The van der Waals surface area contributed by atoms with E-state index in [1.54, 1.807) is 0 Å². The van der Waals surface area contributed by atoms with Gasteiger partial charge >= 0.3 is 0 Å². The summed E-state index contributed by atoms with van der Waals surface area (Å²) in [7, 11) is 0. The average Bonchev–Trinajstić information content (AvgIpc) is 3.25. The Kier molecular flexibility index (Phi) is 5.35. The van der Waals surface area contributed by atoms with Gasteiger partial charge in [-0.3, -0.25) is 0 Å². The topological polar surface area (TPSA) is 55.0 Å². The minimum absolute atomic E-state index is 0.213. The van der Waals surface area contributed by atoms with Crippen molar-refractivity contribution in [2.75, 3.05) is 11.4 Å². The molecule has 1 fully saturated rings. The molecule has 0 aliphatic heterocycles. The summed E-state index contributed by atoms with van der Waals surface area (Å²) < 4.78 is 0. The van der Waals surface area contributed by atoms with Gasteiger partial charge in [0, 0.05) is 31.0 Å². The van der Waals surface area contributed by atoms with Gasteiger partial charge in [0.15, 0.2) is 0 Å². The van der Waals surface area contributed by atoms with E-state index in [0.717, 1.165) is 36.8 Å². The fourth-order valence-corrected chi connectivity index (χ4v) is 2.28. The second-order valence-electron chi connectivity index (χ2n) is 6.37. The molecular formula is C16H28N4. The molecule has 1 aromatic heterocycles. The highest BCUT2D eigenvalue weighted by atomic mass is 15.3. The summed E-state index contributed by atoms with van der Waals surface area (Å²) in [5.41, 5.74) is 7.12. The smallest absolute Gasteiger partial charge is 0.225 e. The molecule has 20 heavy (non-hydrogen) atoms. The van der Waals surface area contributed by atoms with Crippen LogP contribution in [0.25, 0.3) is 0 Å². The molecule has 1 atom stereocenters. The predicted molar refractivity (Wildman–Crippen MR) is 83.8 cm³/mol. The Morgan fingerprint density at radius 3 is 2.45 bits per heavy atom. The molecule has 112 valence electrons. The van der Waals surface area contributed by atoms with Crippen molar-refractivity contribution in [3.8, 4) is 0 Å². The maximum Gasteiger partial charge on any atom is 0.225 e. The molecule has 0 aromatic carbocycles. The quantitative estimate of drug-likeness (QED) is 0.793. The van der Waals surface area contributed by atoms with E-state index in [0.29, 0.717) is 6.04 Å². The minimum Gasteiger partial charge on any atom is -0.338 e. The van der Waals surface area contributed by atoms with Crippen LogP contribution in [0.4, 0.5) is 5.95 Å². The van der Waals surface area contributed by atoms with E-state index in [4.69, 9.17) is 5.73 Å². The monoisotopic (exact) mass is 276 g/mol. The second kappa shape index (κ2) is 7.02. The fourth-order valence-electron chi connectivity index (χ4n) is 2.28. The lowest BCUT2D eigenvalue weighted by molar-refractivity contribution is 0.565. The third-order valence-corrected chi connectivity index (χ3v) is 3.91. The largest absolute Gasteiger partial charge is 0.338 e. The second-order valence-corrected chi connectivity index (χ2v) is 6.37. The van der Waals surface area contributed by atoms with Gasteiger partial charge in [0.25, 0.3) is 0 Å². The third-order valence-electron chi connectivity index (χ3n) is 3.91. The van der Waals surface area contributed by atoms with Crippen LogP contribution in [0.5, 0.6) is 0 Å². The van der Waals surface area contributed by atoms with E-state index >= 15 is 0 Å². The number of aromatic nitrogens is 2. The summed E-state index contributed by atoms with van der Waals surface area (Å²) >= 11 is 0. The highest BCUT2D eigenvalue weighted by Gasteiger charge is 2.30. The molecule has 0 bridgehead atoms. The van der Waals surface area contributed by atoms with Crippen LogP contribution in [-0.2, 0) is 6.42 Å². The summed E-state index contributed by atoms with van der Waals surface area (Å²) in [4.78, 5) is 11.5. The van der Waals surface area contributed by atoms with Gasteiger partial charge in [0.05, 0.1) is 0 Å². The lowest BCUT2D eigenvalue weighted by Gasteiger charge is -2.23. The maximum absolute atomic E-state index is 5.98. The number of hydrogen-bond acceptors (Lipinski definition) is 4. The Morgan fingerprint density at radius 1 is 1.30 bits per heavy atom. The third kappa shape index (κ3) is 4.44. The molecule has 0 spiro atoms. The van der Waals surface area contributed by atoms with Crippen LogP contribution in [0.15, 0.2) is 12.4 Å². The minimum atomic E-state index is 0.213. The van der Waals surface area contributed by atoms with Crippen LogP contribution < -0.4 is 10.6 Å². The molecule has 0 radical (unpaired) electrons. The number of nitrogens with zero attached hydrogens (tertiary/aromatic N) is 3. The van der Waals surface area contributed by atoms with Gasteiger partial charge in [0.2, 0.25) is 5.95 Å². The molecule has 1 heterocycles. The van der Waals surface area contributed by atoms with Gasteiger partial charge in [-0.25, -0.2) is 9.97 Å². The number of rotatable bonds is 8. The van der Waals surface area contributed by atoms with Gasteiger partial charge in [0.1, 0.15) is 0 Å². The lowest BCUT2D eigenvalue weighted by atomic mass is 10.1. The zero-order valence-corrected chi connectivity index (χ0v) is 13.0. The Morgan fingerprint density at radius 2 is 1.95 bits per heavy atom. The number of hydrogen-bond donors (Lipinski definition) is 1. The van der Waals surface area contributed by atoms with Crippen molar-refractivity contribution in [3.05, 3.63) is 18.0 Å². The highest BCUT2D eigenvalue weighted by molar-refractivity contribution is 5.34. The van der Waals surface area contributed by atoms with Gasteiger partial charge < -0.3 is 10.6 Å². The van der Waals surface area contributed by atoms with Gasteiger partial charge in [-0.1, -0.05) is 20.8 Å². The van der Waals surface area contributed by atoms with Crippen LogP contribution in [0, 0.1) is 5.92 Å². The summed E-state index contributed by atoms with van der Waals surface area (Å²) in [5, 5.41) is 0. The number of nitrogens with two attached hydrogens (primary N) is 1. The highest BCUT2D eigenvalue weighted by Crippen LogP contribution is 2.30. The molecule has 0 amide bonds. The van der Waals surface area contributed by atoms with Crippen molar-refractivity contribution < 1.29 is 0 Å². The first kappa shape index (κ1) is 15.2. The fraction of sp³-hybridized carbons (Fsp3) is 0.750. The Labute approximate surface area is 122 Å². The van der Waals surface area contributed by atoms with Gasteiger partial charge in [-0.05, 0) is 43.6 Å². The Balaban J connectivity index is 1.98. The SMILES string of the molecule is CCC(N)Cc1cnc(N(CCC(C)C)C2CC2)nc1. The summed E-state index contributed by atoms with van der Waals surface area (Å²) in [6, 6.07) is 0.877. The molecule has 1 aromatic rings. The van der Waals surface area contributed by atoms with E-state index in [1.807, 2.05) is 12.4 Å². The first-order valence-corrected chi connectivity index (χ1v) is 7.93. The molecule has 4 heteroatoms. The van der Waals surface area contributed by atoms with Crippen molar-refractivity contribution in [1.29, 1.82) is 0 Å². The zero-order valence-electron chi connectivity index (χ0n) is 13.0. The molecule has 1 aliphatic carbocycles. The average molecular weight is 276 g/mol. The van der Waals surface area contributed by atoms with E-state index in [-0.39, 0.29) is 6.04 Å². The molecule has 0 saturated heterocycles. The Bertz CT molecular complexity index is 397. The molecule has 4 nitrogen and oxygen atoms in total. The predicted octanol–water partition coefficient (Wildman–Crippen LogP) is 2.77. The van der Waals surface area contributed by atoms with Crippen LogP contribution in [-0.4, -0.2) is 28.6 Å². The molecule has 2 N–H and O–H groups in total. The molecule has 2 rings (SSSR count). The van der Waals surface area contributed by atoms with Crippen LogP contribution in [0.1, 0.15) is 52.0 Å². The maximum atomic E-state index is 5.98. The summed E-state index contributed by atoms with van der Waals surface area (Å²) in [5.74, 6) is 1.61. The zero-order chi connectivity index (χ0) is 14.5. The van der Waals surface area contributed by atoms with E-state index in [1.165, 1.54) is 19.3 Å². The van der Waals surface area contributed by atoms with E-state index in [9.17, 15) is 0 Å². The standard InChI is InChI=1S/C16H28N4/c1-4-14(17)9-13-10-18-16(19-11-13)20(15-5-6-15)8-7-12(2)3/h10-12,14-15H,4-9,17H2,1-3H3. The van der Waals surface area contributed by atoms with Crippen LogP contribution in [0.3, 0.4) is 0 Å². The van der Waals surface area contributed by atoms with Crippen molar-refractivity contribution in [3.63, 3.8) is 0 Å². The van der Waals surface area contributed by atoms with Crippen molar-refractivity contribution in [2.24, 2.45) is 11.7 Å². The molecule has 1 aliphatic rings. The van der Waals surface area contributed by atoms with Crippen molar-refractivity contribution in [1.82, 2.24) is 9.97 Å². The van der Waals surface area contributed by atoms with Crippen molar-refractivity contribution in [2.45, 2.75) is 65.0 Å². The molecule has 1 saturated carbocycles. The number of anilines is 1. The normalized spacial score (nSPS) is 16.4. The van der Waals surface area contributed by atoms with Crippen LogP contribution >= 0.6 is 0 Å². The summed E-state index contributed by atoms with van der Waals surface area (Å²) in [6.45, 7) is 7.71. The first-order chi connectivity index (χ1) is 9.60. The Hall–Kier alpha value is -1.16. The van der Waals surface area contributed by atoms with E-state index in [2.05, 4.69) is 35.6 Å². The van der Waals surface area contributed by atoms with E-state index < -0.39 is 0 Å². The van der Waals surface area contributed by atoms with Crippen LogP contribution in [0.2, 0.25) is 0 Å². The van der Waals surface area contributed by atoms with Crippen molar-refractivity contribution >= 4 is 5.95 Å². The van der Waals surface area contributed by atoms with Gasteiger partial charge in [-0.15, -0.1) is 0 Å². The lowest BCUT2D eigenvalue weighted by Crippen LogP contribution is -2.29. The molecule has 1 unspecified atom stereocenters. The first-order valence-electron chi connectivity index (χ1n) is 7.93. The van der Waals surface area contributed by atoms with Gasteiger partial charge in [-0.2, -0.15) is 0 Å². The molecular weight excluding hydrogens is 248 g/mol. The summed E-state index contributed by atoms with van der Waals surface area (Å²) in [6.07, 6.45) is 9.51.